The van der Waals surface area contributed by atoms with Gasteiger partial charge in [-0.15, -0.1) is 0 Å². The van der Waals surface area contributed by atoms with Crippen LogP contribution in [0.3, 0.4) is 0 Å². The first-order valence-corrected chi connectivity index (χ1v) is 6.85. The molecule has 1 amide bonds. The number of halogens is 3. The normalized spacial score (nSPS) is 23.1. The largest absolute Gasteiger partial charge is 0.352 e. The van der Waals surface area contributed by atoms with Gasteiger partial charge in [0.05, 0.1) is 0 Å². The molecule has 1 fully saturated rings. The number of amides is 1. The second kappa shape index (κ2) is 5.78. The topological polar surface area (TPSA) is 29.1 Å². The molecular formula is C13H14BrF2NO. The Labute approximate surface area is 113 Å². The van der Waals surface area contributed by atoms with Crippen molar-refractivity contribution < 1.29 is 13.6 Å². The third kappa shape index (κ3) is 3.28. The van der Waals surface area contributed by atoms with E-state index in [1.54, 1.807) is 0 Å². The van der Waals surface area contributed by atoms with Crippen LogP contribution < -0.4 is 5.32 Å². The second-order valence-corrected chi connectivity index (χ2v) is 5.91. The lowest BCUT2D eigenvalue weighted by Crippen LogP contribution is -2.28. The van der Waals surface area contributed by atoms with Crippen molar-refractivity contribution in [3.63, 3.8) is 0 Å². The van der Waals surface area contributed by atoms with Crippen molar-refractivity contribution in [3.8, 4) is 0 Å². The van der Waals surface area contributed by atoms with E-state index < -0.39 is 11.6 Å². The molecule has 0 aliphatic heterocycles. The van der Waals surface area contributed by atoms with E-state index in [-0.39, 0.29) is 11.5 Å². The van der Waals surface area contributed by atoms with Crippen LogP contribution in [0, 0.1) is 17.6 Å². The van der Waals surface area contributed by atoms with Crippen LogP contribution in [-0.4, -0.2) is 17.3 Å². The van der Waals surface area contributed by atoms with E-state index in [9.17, 15) is 13.6 Å². The van der Waals surface area contributed by atoms with Crippen molar-refractivity contribution in [1.82, 2.24) is 5.32 Å². The van der Waals surface area contributed by atoms with Gasteiger partial charge in [-0.1, -0.05) is 15.9 Å². The highest BCUT2D eigenvalue weighted by Crippen LogP contribution is 2.30. The molecule has 18 heavy (non-hydrogen) atoms. The smallest absolute Gasteiger partial charge is 0.251 e. The summed E-state index contributed by atoms with van der Waals surface area (Å²) in [6.45, 7) is 0.583. The molecule has 98 valence electrons. The molecule has 0 spiro atoms. The first kappa shape index (κ1) is 13.5. The van der Waals surface area contributed by atoms with Crippen LogP contribution in [0.1, 0.15) is 29.6 Å². The number of benzene rings is 1. The third-order valence-electron chi connectivity index (χ3n) is 3.21. The summed E-state index contributed by atoms with van der Waals surface area (Å²) >= 11 is 3.54. The second-order valence-electron chi connectivity index (χ2n) is 4.62. The molecule has 1 saturated carbocycles. The average Bonchev–Trinajstić information content (AvgIpc) is 2.75. The van der Waals surface area contributed by atoms with E-state index in [4.69, 9.17) is 0 Å². The first-order valence-electron chi connectivity index (χ1n) is 5.93. The highest BCUT2D eigenvalue weighted by atomic mass is 79.9. The Morgan fingerprint density at radius 3 is 2.72 bits per heavy atom. The molecule has 2 nitrogen and oxygen atoms in total. The van der Waals surface area contributed by atoms with Crippen LogP contribution in [-0.2, 0) is 0 Å². The predicted octanol–water partition coefficient (Wildman–Crippen LogP) is 3.26. The van der Waals surface area contributed by atoms with Gasteiger partial charge >= 0.3 is 0 Å². The van der Waals surface area contributed by atoms with Gasteiger partial charge in [0.15, 0.2) is 11.6 Å². The van der Waals surface area contributed by atoms with Crippen LogP contribution in [0.15, 0.2) is 18.2 Å². The SMILES string of the molecule is O=C(NCC1CCC(Br)C1)c1ccc(F)c(F)c1. The van der Waals surface area contributed by atoms with Crippen LogP contribution in [0.25, 0.3) is 0 Å². The van der Waals surface area contributed by atoms with Crippen LogP contribution in [0.4, 0.5) is 8.78 Å². The monoisotopic (exact) mass is 317 g/mol. The van der Waals surface area contributed by atoms with Crippen molar-refractivity contribution in [2.45, 2.75) is 24.1 Å². The fraction of sp³-hybridized carbons (Fsp3) is 0.462. The minimum absolute atomic E-state index is 0.155. The molecule has 1 aromatic carbocycles. The molecule has 0 aromatic heterocycles. The van der Waals surface area contributed by atoms with E-state index in [0.717, 1.165) is 31.4 Å². The summed E-state index contributed by atoms with van der Waals surface area (Å²) in [6, 6.07) is 3.18. The van der Waals surface area contributed by atoms with E-state index in [2.05, 4.69) is 21.2 Å². The summed E-state index contributed by atoms with van der Waals surface area (Å²) in [6.07, 6.45) is 3.23. The fourth-order valence-electron chi connectivity index (χ4n) is 2.18. The molecular weight excluding hydrogens is 304 g/mol. The molecule has 0 bridgehead atoms. The van der Waals surface area contributed by atoms with Crippen LogP contribution in [0.2, 0.25) is 0 Å². The standard InChI is InChI=1S/C13H14BrF2NO/c14-10-3-1-8(5-10)7-17-13(18)9-2-4-11(15)12(16)6-9/h2,4,6,8,10H,1,3,5,7H2,(H,17,18). The number of nitrogens with one attached hydrogen (secondary N) is 1. The predicted molar refractivity (Wildman–Crippen MR) is 68.7 cm³/mol. The highest BCUT2D eigenvalue weighted by molar-refractivity contribution is 9.09. The van der Waals surface area contributed by atoms with Gasteiger partial charge in [-0.2, -0.15) is 0 Å². The molecule has 2 rings (SSSR count). The summed E-state index contributed by atoms with van der Waals surface area (Å²) in [7, 11) is 0. The van der Waals surface area contributed by atoms with E-state index in [0.29, 0.717) is 17.3 Å². The minimum Gasteiger partial charge on any atom is -0.352 e. The van der Waals surface area contributed by atoms with Crippen molar-refractivity contribution in [2.24, 2.45) is 5.92 Å². The van der Waals surface area contributed by atoms with Crippen molar-refractivity contribution >= 4 is 21.8 Å². The number of hydrogen-bond donors (Lipinski definition) is 1. The van der Waals surface area contributed by atoms with E-state index >= 15 is 0 Å². The Balaban J connectivity index is 1.89. The van der Waals surface area contributed by atoms with Gasteiger partial charge in [0.25, 0.3) is 5.91 Å². The lowest BCUT2D eigenvalue weighted by molar-refractivity contribution is 0.0947. The molecule has 5 heteroatoms. The number of hydrogen-bond acceptors (Lipinski definition) is 1. The molecule has 0 heterocycles. The Morgan fingerprint density at radius 1 is 1.33 bits per heavy atom. The molecule has 1 aliphatic rings. The molecule has 1 aliphatic carbocycles. The Kier molecular flexibility index (Phi) is 4.32. The lowest BCUT2D eigenvalue weighted by Gasteiger charge is -2.11. The molecule has 1 aromatic rings. The Morgan fingerprint density at radius 2 is 2.11 bits per heavy atom. The third-order valence-corrected chi connectivity index (χ3v) is 4.04. The van der Waals surface area contributed by atoms with E-state index in [1.807, 2.05) is 0 Å². The first-order chi connectivity index (χ1) is 8.56. The lowest BCUT2D eigenvalue weighted by atomic mass is 10.1. The van der Waals surface area contributed by atoms with Gasteiger partial charge < -0.3 is 5.32 Å². The maximum Gasteiger partial charge on any atom is 0.251 e. The van der Waals surface area contributed by atoms with Gasteiger partial charge in [0.2, 0.25) is 0 Å². The maximum atomic E-state index is 13.0. The van der Waals surface area contributed by atoms with Crippen molar-refractivity contribution in [1.29, 1.82) is 0 Å². The van der Waals surface area contributed by atoms with E-state index in [1.165, 1.54) is 6.07 Å². The van der Waals surface area contributed by atoms with Crippen molar-refractivity contribution in [2.75, 3.05) is 6.54 Å². The molecule has 2 atom stereocenters. The Hall–Kier alpha value is -0.970. The summed E-state index contributed by atoms with van der Waals surface area (Å²) in [5.41, 5.74) is 0.155. The number of carbonyl (C=O) groups excluding carboxylic acids is 1. The van der Waals surface area contributed by atoms with Gasteiger partial charge in [0, 0.05) is 16.9 Å². The average molecular weight is 318 g/mol. The van der Waals surface area contributed by atoms with Gasteiger partial charge in [-0.3, -0.25) is 4.79 Å². The Bertz CT molecular complexity index is 453. The summed E-state index contributed by atoms with van der Waals surface area (Å²) < 4.78 is 25.7. The number of rotatable bonds is 3. The summed E-state index contributed by atoms with van der Waals surface area (Å²) in [5, 5.41) is 2.76. The molecule has 2 unspecified atom stereocenters. The van der Waals surface area contributed by atoms with Gasteiger partial charge in [0.1, 0.15) is 0 Å². The zero-order valence-electron chi connectivity index (χ0n) is 9.76. The van der Waals surface area contributed by atoms with Gasteiger partial charge in [-0.25, -0.2) is 8.78 Å². The zero-order valence-corrected chi connectivity index (χ0v) is 11.3. The molecule has 0 saturated heterocycles. The number of carbonyl (C=O) groups is 1. The highest BCUT2D eigenvalue weighted by Gasteiger charge is 2.23. The quantitative estimate of drug-likeness (QED) is 0.852. The van der Waals surface area contributed by atoms with Gasteiger partial charge in [-0.05, 0) is 43.4 Å². The molecule has 1 N–H and O–H groups in total. The minimum atomic E-state index is -0.996. The summed E-state index contributed by atoms with van der Waals surface area (Å²) in [5.74, 6) is -1.83. The molecule has 0 radical (unpaired) electrons. The zero-order chi connectivity index (χ0) is 13.1. The summed E-state index contributed by atoms with van der Waals surface area (Å²) in [4.78, 5) is 12.3. The fourth-order valence-corrected chi connectivity index (χ4v) is 2.97. The van der Waals surface area contributed by atoms with Crippen LogP contribution in [0.5, 0.6) is 0 Å². The van der Waals surface area contributed by atoms with Crippen LogP contribution >= 0.6 is 15.9 Å². The van der Waals surface area contributed by atoms with Crippen molar-refractivity contribution in [3.05, 3.63) is 35.4 Å². The maximum absolute atomic E-state index is 13.0. The number of alkyl halides is 1.